The standard InChI is InChI=1S/C16H27N3O/c1-13(12-17-16(18(2)3)19(4)5)11-14-7-9-15(20-6)10-8-14/h7-10,13H,11-12H2,1-6H3. The Labute approximate surface area is 123 Å². The summed E-state index contributed by atoms with van der Waals surface area (Å²) in [6.45, 7) is 3.06. The molecule has 0 saturated carbocycles. The highest BCUT2D eigenvalue weighted by Crippen LogP contribution is 2.14. The molecule has 4 nitrogen and oxygen atoms in total. The van der Waals surface area contributed by atoms with Gasteiger partial charge in [0.2, 0.25) is 0 Å². The van der Waals surface area contributed by atoms with Gasteiger partial charge in [-0.2, -0.15) is 0 Å². The van der Waals surface area contributed by atoms with Crippen molar-refractivity contribution in [1.29, 1.82) is 0 Å². The van der Waals surface area contributed by atoms with Crippen LogP contribution >= 0.6 is 0 Å². The Balaban J connectivity index is 2.58. The third-order valence-electron chi connectivity index (χ3n) is 3.09. The van der Waals surface area contributed by atoms with Crippen molar-refractivity contribution in [3.8, 4) is 5.75 Å². The largest absolute Gasteiger partial charge is 0.497 e. The number of ether oxygens (including phenoxy) is 1. The molecule has 1 rings (SSSR count). The maximum atomic E-state index is 5.17. The molecular formula is C16H27N3O. The number of benzene rings is 1. The first-order valence-corrected chi connectivity index (χ1v) is 6.96. The molecule has 0 bridgehead atoms. The van der Waals surface area contributed by atoms with Crippen LogP contribution in [-0.4, -0.2) is 57.6 Å². The van der Waals surface area contributed by atoms with Crippen molar-refractivity contribution >= 4 is 5.96 Å². The van der Waals surface area contributed by atoms with Crippen LogP contribution in [0.25, 0.3) is 0 Å². The molecule has 0 heterocycles. The van der Waals surface area contributed by atoms with E-state index in [-0.39, 0.29) is 0 Å². The van der Waals surface area contributed by atoms with Gasteiger partial charge >= 0.3 is 0 Å². The fourth-order valence-corrected chi connectivity index (χ4v) is 2.15. The Morgan fingerprint density at radius 2 is 1.65 bits per heavy atom. The van der Waals surface area contributed by atoms with Gasteiger partial charge in [0.1, 0.15) is 5.75 Å². The van der Waals surface area contributed by atoms with E-state index in [4.69, 9.17) is 9.73 Å². The maximum Gasteiger partial charge on any atom is 0.195 e. The van der Waals surface area contributed by atoms with Crippen LogP contribution in [0.2, 0.25) is 0 Å². The number of guanidine groups is 1. The first kappa shape index (κ1) is 16.3. The Morgan fingerprint density at radius 3 is 2.10 bits per heavy atom. The highest BCUT2D eigenvalue weighted by molar-refractivity contribution is 5.79. The van der Waals surface area contributed by atoms with Gasteiger partial charge in [-0.25, -0.2) is 0 Å². The topological polar surface area (TPSA) is 28.1 Å². The molecule has 0 aliphatic rings. The van der Waals surface area contributed by atoms with E-state index in [1.54, 1.807) is 7.11 Å². The number of rotatable bonds is 5. The van der Waals surface area contributed by atoms with Gasteiger partial charge in [-0.3, -0.25) is 4.99 Å². The number of nitrogens with zero attached hydrogens (tertiary/aromatic N) is 3. The van der Waals surface area contributed by atoms with Crippen molar-refractivity contribution in [3.05, 3.63) is 29.8 Å². The lowest BCUT2D eigenvalue weighted by atomic mass is 10.0. The molecule has 0 spiro atoms. The monoisotopic (exact) mass is 277 g/mol. The molecule has 0 fully saturated rings. The molecule has 0 aliphatic heterocycles. The molecule has 1 unspecified atom stereocenters. The van der Waals surface area contributed by atoms with E-state index in [9.17, 15) is 0 Å². The summed E-state index contributed by atoms with van der Waals surface area (Å²) in [5.74, 6) is 2.42. The van der Waals surface area contributed by atoms with Gasteiger partial charge in [-0.05, 0) is 30.0 Å². The zero-order valence-corrected chi connectivity index (χ0v) is 13.6. The predicted octanol–water partition coefficient (Wildman–Crippen LogP) is 2.35. The fourth-order valence-electron chi connectivity index (χ4n) is 2.15. The van der Waals surface area contributed by atoms with Crippen LogP contribution in [0.15, 0.2) is 29.3 Å². The summed E-state index contributed by atoms with van der Waals surface area (Å²) in [5, 5.41) is 0. The summed E-state index contributed by atoms with van der Waals surface area (Å²) in [5.41, 5.74) is 1.32. The van der Waals surface area contributed by atoms with Crippen LogP contribution < -0.4 is 4.74 Å². The second kappa shape index (κ2) is 7.78. The van der Waals surface area contributed by atoms with Gasteiger partial charge in [-0.1, -0.05) is 19.1 Å². The van der Waals surface area contributed by atoms with Crippen molar-refractivity contribution < 1.29 is 4.74 Å². The molecule has 0 aromatic heterocycles. The summed E-state index contributed by atoms with van der Waals surface area (Å²) in [7, 11) is 9.77. The molecule has 1 aromatic rings. The molecule has 0 aliphatic carbocycles. The quantitative estimate of drug-likeness (QED) is 0.611. The van der Waals surface area contributed by atoms with E-state index in [2.05, 4.69) is 19.1 Å². The van der Waals surface area contributed by atoms with Crippen molar-refractivity contribution in [2.24, 2.45) is 10.9 Å². The first-order valence-electron chi connectivity index (χ1n) is 6.96. The lowest BCUT2D eigenvalue weighted by Crippen LogP contribution is -2.35. The van der Waals surface area contributed by atoms with Crippen molar-refractivity contribution in [2.75, 3.05) is 41.8 Å². The Morgan fingerprint density at radius 1 is 1.10 bits per heavy atom. The van der Waals surface area contributed by atoms with Crippen LogP contribution in [0, 0.1) is 5.92 Å². The number of aliphatic imine (C=N–C) groups is 1. The molecule has 1 aromatic carbocycles. The van der Waals surface area contributed by atoms with E-state index in [1.807, 2.05) is 50.1 Å². The molecular weight excluding hydrogens is 250 g/mol. The van der Waals surface area contributed by atoms with Gasteiger partial charge in [0, 0.05) is 34.7 Å². The van der Waals surface area contributed by atoms with Crippen LogP contribution in [0.4, 0.5) is 0 Å². The molecule has 0 amide bonds. The van der Waals surface area contributed by atoms with Crippen molar-refractivity contribution in [1.82, 2.24) is 9.80 Å². The van der Waals surface area contributed by atoms with Gasteiger partial charge in [0.15, 0.2) is 5.96 Å². The Bertz CT molecular complexity index is 414. The zero-order chi connectivity index (χ0) is 15.1. The predicted molar refractivity (Wildman–Crippen MR) is 85.5 cm³/mol. The third-order valence-corrected chi connectivity index (χ3v) is 3.09. The van der Waals surface area contributed by atoms with Gasteiger partial charge in [0.25, 0.3) is 0 Å². The normalized spacial score (nSPS) is 11.7. The fraction of sp³-hybridized carbons (Fsp3) is 0.562. The van der Waals surface area contributed by atoms with Crippen molar-refractivity contribution in [3.63, 3.8) is 0 Å². The van der Waals surface area contributed by atoms with Gasteiger partial charge in [0.05, 0.1) is 7.11 Å². The summed E-state index contributed by atoms with van der Waals surface area (Å²) in [6, 6.07) is 8.27. The second-order valence-electron chi connectivity index (χ2n) is 5.59. The molecule has 1 atom stereocenters. The van der Waals surface area contributed by atoms with E-state index in [0.717, 1.165) is 24.7 Å². The lowest BCUT2D eigenvalue weighted by molar-refractivity contribution is 0.414. The molecule has 20 heavy (non-hydrogen) atoms. The summed E-state index contributed by atoms with van der Waals surface area (Å²) < 4.78 is 5.17. The lowest BCUT2D eigenvalue weighted by Gasteiger charge is -2.23. The van der Waals surface area contributed by atoms with Gasteiger partial charge < -0.3 is 14.5 Å². The smallest absolute Gasteiger partial charge is 0.195 e. The van der Waals surface area contributed by atoms with Crippen LogP contribution in [0.5, 0.6) is 5.75 Å². The minimum absolute atomic E-state index is 0.512. The minimum Gasteiger partial charge on any atom is -0.497 e. The minimum atomic E-state index is 0.512. The highest BCUT2D eigenvalue weighted by Gasteiger charge is 2.07. The maximum absolute atomic E-state index is 5.17. The van der Waals surface area contributed by atoms with Crippen LogP contribution in [-0.2, 0) is 6.42 Å². The second-order valence-corrected chi connectivity index (χ2v) is 5.59. The average molecular weight is 277 g/mol. The molecule has 0 N–H and O–H groups in total. The van der Waals surface area contributed by atoms with E-state index in [1.165, 1.54) is 5.56 Å². The highest BCUT2D eigenvalue weighted by atomic mass is 16.5. The number of hydrogen-bond acceptors (Lipinski definition) is 2. The van der Waals surface area contributed by atoms with E-state index < -0.39 is 0 Å². The first-order chi connectivity index (χ1) is 9.43. The van der Waals surface area contributed by atoms with E-state index >= 15 is 0 Å². The van der Waals surface area contributed by atoms with Crippen molar-refractivity contribution in [2.45, 2.75) is 13.3 Å². The van der Waals surface area contributed by atoms with Gasteiger partial charge in [-0.15, -0.1) is 0 Å². The molecule has 112 valence electrons. The zero-order valence-electron chi connectivity index (χ0n) is 13.6. The van der Waals surface area contributed by atoms with Crippen LogP contribution in [0.3, 0.4) is 0 Å². The summed E-state index contributed by atoms with van der Waals surface area (Å²) in [4.78, 5) is 8.78. The molecule has 0 saturated heterocycles. The van der Waals surface area contributed by atoms with Crippen LogP contribution in [0.1, 0.15) is 12.5 Å². The SMILES string of the molecule is COc1ccc(CC(C)CN=C(N(C)C)N(C)C)cc1. The Kier molecular flexibility index (Phi) is 6.36. The summed E-state index contributed by atoms with van der Waals surface area (Å²) in [6.07, 6.45) is 1.03. The molecule has 0 radical (unpaired) electrons. The third kappa shape index (κ3) is 5.11. The summed E-state index contributed by atoms with van der Waals surface area (Å²) >= 11 is 0. The number of methoxy groups -OCH3 is 1. The van der Waals surface area contributed by atoms with E-state index in [0.29, 0.717) is 5.92 Å². The number of hydrogen-bond donors (Lipinski definition) is 0. The Hall–Kier alpha value is -1.71. The molecule has 4 heteroatoms. The average Bonchev–Trinajstić information content (AvgIpc) is 2.39.